The van der Waals surface area contributed by atoms with Gasteiger partial charge in [0.2, 0.25) is 11.8 Å². The lowest BCUT2D eigenvalue weighted by Gasteiger charge is -2.26. The molecule has 3 heterocycles. The van der Waals surface area contributed by atoms with E-state index >= 15 is 0 Å². The van der Waals surface area contributed by atoms with E-state index in [1.807, 2.05) is 23.6 Å². The van der Waals surface area contributed by atoms with Crippen LogP contribution in [0.2, 0.25) is 5.02 Å². The van der Waals surface area contributed by atoms with Gasteiger partial charge in [-0.1, -0.05) is 37.6 Å². The molecule has 2 aromatic heterocycles. The minimum atomic E-state index is -1.11. The molecule has 1 unspecified atom stereocenters. The number of carbonyl (C=O) groups is 3. The Labute approximate surface area is 290 Å². The summed E-state index contributed by atoms with van der Waals surface area (Å²) in [6.07, 6.45) is 7.34. The zero-order valence-electron chi connectivity index (χ0n) is 28.1. The molecule has 2 aliphatic carbocycles. The molecule has 12 heteroatoms. The van der Waals surface area contributed by atoms with E-state index in [0.717, 1.165) is 30.0 Å². The van der Waals surface area contributed by atoms with Crippen LogP contribution in [-0.4, -0.2) is 71.6 Å². The number of rotatable bonds is 7. The highest BCUT2D eigenvalue weighted by Gasteiger charge is 2.62. The first-order chi connectivity index (χ1) is 23.1. The predicted octanol–water partition coefficient (Wildman–Crippen LogP) is 6.55. The van der Waals surface area contributed by atoms with Gasteiger partial charge in [-0.05, 0) is 63.5 Å². The maximum atomic E-state index is 14.1. The number of hydrogen-bond acceptors (Lipinski definition) is 9. The van der Waals surface area contributed by atoms with Crippen LogP contribution in [-0.2, 0) is 19.1 Å². The van der Waals surface area contributed by atoms with Gasteiger partial charge in [0, 0.05) is 36.3 Å². The first kappa shape index (κ1) is 34.2. The van der Waals surface area contributed by atoms with Crippen LogP contribution in [0.1, 0.15) is 70.9 Å². The SMILES string of the molecule is CCOC(=O)[C@@]12C[C@H]1/C=C\CCCCN(C)C(=O)C1C[C@H](Oc3cc(-c4nc(C(C)C)cs4)nc4c(Cl)c(OC)ccc34)C[C@H]1C(=O)N2. The van der Waals surface area contributed by atoms with E-state index in [1.54, 1.807) is 32.0 Å². The quantitative estimate of drug-likeness (QED) is 0.218. The molecule has 2 saturated carbocycles. The van der Waals surface area contributed by atoms with Gasteiger partial charge in [0.1, 0.15) is 38.9 Å². The van der Waals surface area contributed by atoms with Crippen molar-refractivity contribution in [3.63, 3.8) is 0 Å². The minimum Gasteiger partial charge on any atom is -0.495 e. The van der Waals surface area contributed by atoms with Gasteiger partial charge < -0.3 is 24.4 Å². The molecule has 3 aliphatic rings. The van der Waals surface area contributed by atoms with Gasteiger partial charge in [-0.3, -0.25) is 9.59 Å². The number of amides is 2. The summed E-state index contributed by atoms with van der Waals surface area (Å²) in [5.74, 6) is -1.02. The molecular formula is C36H43ClN4O6S. The van der Waals surface area contributed by atoms with Gasteiger partial charge in [0.05, 0.1) is 36.8 Å². The Kier molecular flexibility index (Phi) is 9.99. The summed E-state index contributed by atoms with van der Waals surface area (Å²) >= 11 is 8.29. The van der Waals surface area contributed by atoms with E-state index < -0.39 is 29.4 Å². The summed E-state index contributed by atoms with van der Waals surface area (Å²) in [5.41, 5.74) is 0.981. The zero-order chi connectivity index (χ0) is 34.2. The maximum Gasteiger partial charge on any atom is 0.332 e. The lowest BCUT2D eigenvalue weighted by molar-refractivity contribution is -0.150. The zero-order valence-corrected chi connectivity index (χ0v) is 29.7. The summed E-state index contributed by atoms with van der Waals surface area (Å²) < 4.78 is 17.6. The van der Waals surface area contributed by atoms with Crippen LogP contribution in [0.3, 0.4) is 0 Å². The molecule has 5 atom stereocenters. The number of hydrogen-bond donors (Lipinski definition) is 1. The van der Waals surface area contributed by atoms with Crippen molar-refractivity contribution in [1.29, 1.82) is 0 Å². The molecule has 256 valence electrons. The molecule has 0 bridgehead atoms. The van der Waals surface area contributed by atoms with Crippen molar-refractivity contribution in [2.75, 3.05) is 27.3 Å². The standard InChI is InChI=1S/C36H43ClN4O6S/c1-6-46-35(44)36-18-21(36)11-9-7-8-10-14-41(4)34(43)25-16-22(15-24(25)32(42)40-36)47-29-17-26(33-39-27(19-48-33)20(2)3)38-31-23(29)12-13-28(45-5)30(31)37/h9,11-13,17,19-22,24-25H,6-8,10,14-16,18H2,1-5H3,(H,40,42)/b11-9-/t21-,22-,24-,25?,36-/m1/s1. The average Bonchev–Trinajstić information content (AvgIpc) is 3.37. The summed E-state index contributed by atoms with van der Waals surface area (Å²) in [6.45, 7) is 6.76. The number of allylic oxidation sites excluding steroid dienone is 1. The number of halogens is 1. The maximum absolute atomic E-state index is 14.1. The fraction of sp³-hybridized carbons (Fsp3) is 0.528. The molecule has 2 fully saturated rings. The van der Waals surface area contributed by atoms with Crippen LogP contribution >= 0.6 is 22.9 Å². The normalized spacial score (nSPS) is 26.8. The average molecular weight is 695 g/mol. The van der Waals surface area contributed by atoms with E-state index in [9.17, 15) is 14.4 Å². The molecule has 10 nitrogen and oxygen atoms in total. The Morgan fingerprint density at radius 2 is 1.96 bits per heavy atom. The van der Waals surface area contributed by atoms with Crippen LogP contribution in [0.4, 0.5) is 0 Å². The molecule has 6 rings (SSSR count). The Bertz CT molecular complexity index is 1740. The second-order valence-electron chi connectivity index (χ2n) is 13.3. The first-order valence-electron chi connectivity index (χ1n) is 16.8. The number of esters is 1. The molecule has 0 saturated heterocycles. The molecule has 1 N–H and O–H groups in total. The van der Waals surface area contributed by atoms with Crippen molar-refractivity contribution in [3.05, 3.63) is 46.4 Å². The largest absolute Gasteiger partial charge is 0.495 e. The van der Waals surface area contributed by atoms with Crippen molar-refractivity contribution in [2.24, 2.45) is 17.8 Å². The summed E-state index contributed by atoms with van der Waals surface area (Å²) in [6, 6.07) is 5.48. The summed E-state index contributed by atoms with van der Waals surface area (Å²) in [7, 11) is 3.35. The smallest absolute Gasteiger partial charge is 0.332 e. The molecule has 1 aromatic carbocycles. The van der Waals surface area contributed by atoms with Gasteiger partial charge in [-0.15, -0.1) is 11.3 Å². The van der Waals surface area contributed by atoms with Crippen LogP contribution < -0.4 is 14.8 Å². The molecule has 3 aromatic rings. The first-order valence-corrected chi connectivity index (χ1v) is 18.0. The van der Waals surface area contributed by atoms with Crippen LogP contribution in [0, 0.1) is 17.8 Å². The predicted molar refractivity (Wildman–Crippen MR) is 185 cm³/mol. The highest BCUT2D eigenvalue weighted by molar-refractivity contribution is 7.13. The number of pyridine rings is 1. The van der Waals surface area contributed by atoms with Gasteiger partial charge >= 0.3 is 5.97 Å². The molecular weight excluding hydrogens is 652 g/mol. The van der Waals surface area contributed by atoms with E-state index in [0.29, 0.717) is 58.9 Å². The lowest BCUT2D eigenvalue weighted by atomic mass is 9.93. The number of methoxy groups -OCH3 is 1. The van der Waals surface area contributed by atoms with Crippen LogP contribution in [0.15, 0.2) is 35.7 Å². The minimum absolute atomic E-state index is 0.0940. The third-order valence-electron chi connectivity index (χ3n) is 9.73. The Morgan fingerprint density at radius 1 is 1.17 bits per heavy atom. The highest BCUT2D eigenvalue weighted by atomic mass is 35.5. The second kappa shape index (κ2) is 14.0. The van der Waals surface area contributed by atoms with Gasteiger partial charge in [0.25, 0.3) is 0 Å². The Balaban J connectivity index is 1.34. The second-order valence-corrected chi connectivity index (χ2v) is 14.6. The lowest BCUT2D eigenvalue weighted by Crippen LogP contribution is -2.50. The topological polar surface area (TPSA) is 120 Å². The number of carbonyl (C=O) groups excluding carboxylic acids is 3. The molecule has 0 radical (unpaired) electrons. The number of ether oxygens (including phenoxy) is 3. The fourth-order valence-electron chi connectivity index (χ4n) is 6.86. The van der Waals surface area contributed by atoms with Gasteiger partial charge in [0.15, 0.2) is 0 Å². The number of nitrogens with zero attached hydrogens (tertiary/aromatic N) is 3. The number of thiazole rings is 1. The summed E-state index contributed by atoms with van der Waals surface area (Å²) in [5, 5.41) is 6.85. The summed E-state index contributed by atoms with van der Waals surface area (Å²) in [4.78, 5) is 52.5. The molecule has 48 heavy (non-hydrogen) atoms. The van der Waals surface area contributed by atoms with Crippen molar-refractivity contribution >= 4 is 51.6 Å². The number of benzene rings is 1. The Hall–Kier alpha value is -3.70. The van der Waals surface area contributed by atoms with Crippen molar-refractivity contribution in [3.8, 4) is 22.2 Å². The monoisotopic (exact) mass is 694 g/mol. The van der Waals surface area contributed by atoms with E-state index in [2.05, 4.69) is 25.2 Å². The molecule has 1 aliphatic heterocycles. The van der Waals surface area contributed by atoms with Crippen molar-refractivity contribution < 1.29 is 28.6 Å². The van der Waals surface area contributed by atoms with Gasteiger partial charge in [-0.25, -0.2) is 14.8 Å². The van der Waals surface area contributed by atoms with Crippen LogP contribution in [0.25, 0.3) is 21.6 Å². The Morgan fingerprint density at radius 3 is 2.69 bits per heavy atom. The van der Waals surface area contributed by atoms with Crippen molar-refractivity contribution in [2.45, 2.75) is 76.9 Å². The van der Waals surface area contributed by atoms with Crippen molar-refractivity contribution in [1.82, 2.24) is 20.2 Å². The van der Waals surface area contributed by atoms with Gasteiger partial charge in [-0.2, -0.15) is 0 Å². The van der Waals surface area contributed by atoms with Crippen LogP contribution in [0.5, 0.6) is 11.5 Å². The molecule has 2 amide bonds. The number of nitrogens with one attached hydrogen (secondary N) is 1. The number of aromatic nitrogens is 2. The third kappa shape index (κ3) is 6.63. The molecule has 0 spiro atoms. The highest BCUT2D eigenvalue weighted by Crippen LogP contribution is 2.48. The van der Waals surface area contributed by atoms with E-state index in [4.69, 9.17) is 35.8 Å². The third-order valence-corrected chi connectivity index (χ3v) is 11.0. The number of fused-ring (bicyclic) bond motifs is 3. The van der Waals surface area contributed by atoms with E-state index in [1.165, 1.54) is 11.3 Å². The van der Waals surface area contributed by atoms with E-state index in [-0.39, 0.29) is 30.3 Å². The fourth-order valence-corrected chi connectivity index (χ4v) is 8.08.